The molecule has 14 heavy (non-hydrogen) atoms. The number of rotatable bonds is 3. The van der Waals surface area contributed by atoms with Gasteiger partial charge in [0.25, 0.3) is 0 Å². The summed E-state index contributed by atoms with van der Waals surface area (Å²) in [5.41, 5.74) is 1.45. The molecule has 1 heterocycles. The maximum Gasteiger partial charge on any atom is 0.339 e. The third kappa shape index (κ3) is 2.54. The first-order valence-corrected chi connectivity index (χ1v) is 5.41. The Bertz CT molecular complexity index is 310. The Morgan fingerprint density at radius 1 is 1.64 bits per heavy atom. The van der Waals surface area contributed by atoms with Crippen molar-refractivity contribution < 1.29 is 9.53 Å². The van der Waals surface area contributed by atoms with Gasteiger partial charge in [0.15, 0.2) is 0 Å². The van der Waals surface area contributed by atoms with Gasteiger partial charge in [-0.05, 0) is 12.1 Å². The summed E-state index contributed by atoms with van der Waals surface area (Å²) in [5.74, 6) is -0.00255. The average molecular weight is 258 g/mol. The number of nitrogens with zero attached hydrogens (tertiary/aromatic N) is 1. The summed E-state index contributed by atoms with van der Waals surface area (Å²) in [4.78, 5) is 15.3. The molecule has 1 atom stereocenters. The monoisotopic (exact) mass is 257 g/mol. The van der Waals surface area contributed by atoms with Gasteiger partial charge in [-0.15, -0.1) is 0 Å². The molecule has 0 aliphatic carbocycles. The molecule has 3 nitrogen and oxygen atoms in total. The van der Waals surface area contributed by atoms with Crippen molar-refractivity contribution in [3.8, 4) is 0 Å². The van der Waals surface area contributed by atoms with Gasteiger partial charge >= 0.3 is 5.97 Å². The van der Waals surface area contributed by atoms with Crippen LogP contribution in [0.3, 0.4) is 0 Å². The summed E-state index contributed by atoms with van der Waals surface area (Å²) in [6.45, 7) is 2.06. The van der Waals surface area contributed by atoms with Crippen molar-refractivity contribution in [3.63, 3.8) is 0 Å². The minimum absolute atomic E-state index is 0.349. The number of pyridine rings is 1. The molecule has 0 aromatic carbocycles. The molecule has 1 rings (SSSR count). The lowest BCUT2D eigenvalue weighted by atomic mass is 10.1. The Kier molecular flexibility index (Phi) is 4.07. The van der Waals surface area contributed by atoms with Gasteiger partial charge in [0.05, 0.1) is 12.7 Å². The molecule has 4 heteroatoms. The quantitative estimate of drug-likeness (QED) is 0.617. The van der Waals surface area contributed by atoms with E-state index in [4.69, 9.17) is 0 Å². The standard InChI is InChI=1S/C10H12BrNO2/c1-7(5-11)9-4-3-8(6-12-9)10(13)14-2/h3-4,6-7H,5H2,1-2H3. The summed E-state index contributed by atoms with van der Waals surface area (Å²) < 4.78 is 4.57. The Morgan fingerprint density at radius 2 is 2.36 bits per heavy atom. The van der Waals surface area contributed by atoms with E-state index in [9.17, 15) is 4.79 Å². The van der Waals surface area contributed by atoms with Crippen LogP contribution in [0.4, 0.5) is 0 Å². The molecule has 1 aromatic rings. The van der Waals surface area contributed by atoms with Crippen molar-refractivity contribution >= 4 is 21.9 Å². The van der Waals surface area contributed by atoms with E-state index in [2.05, 4.69) is 32.6 Å². The maximum atomic E-state index is 11.1. The number of hydrogen-bond donors (Lipinski definition) is 0. The minimum Gasteiger partial charge on any atom is -0.465 e. The van der Waals surface area contributed by atoms with Crippen LogP contribution in [-0.4, -0.2) is 23.4 Å². The predicted molar refractivity (Wildman–Crippen MR) is 57.8 cm³/mol. The van der Waals surface area contributed by atoms with Gasteiger partial charge in [-0.25, -0.2) is 4.79 Å². The number of ether oxygens (including phenoxy) is 1. The average Bonchev–Trinajstić information content (AvgIpc) is 2.27. The summed E-state index contributed by atoms with van der Waals surface area (Å²) in [6.07, 6.45) is 1.54. The van der Waals surface area contributed by atoms with Gasteiger partial charge in [0.2, 0.25) is 0 Å². The van der Waals surface area contributed by atoms with Gasteiger partial charge in [0.1, 0.15) is 0 Å². The second kappa shape index (κ2) is 5.10. The Balaban J connectivity index is 2.83. The number of carbonyl (C=O) groups is 1. The van der Waals surface area contributed by atoms with E-state index < -0.39 is 0 Å². The molecule has 76 valence electrons. The summed E-state index contributed by atoms with van der Waals surface area (Å²) in [6, 6.07) is 3.57. The number of halogens is 1. The highest BCUT2D eigenvalue weighted by Gasteiger charge is 2.08. The predicted octanol–water partition coefficient (Wildman–Crippen LogP) is 2.37. The van der Waals surface area contributed by atoms with E-state index in [-0.39, 0.29) is 5.97 Å². The largest absolute Gasteiger partial charge is 0.465 e. The molecule has 0 saturated heterocycles. The highest BCUT2D eigenvalue weighted by atomic mass is 79.9. The number of aromatic nitrogens is 1. The third-order valence-electron chi connectivity index (χ3n) is 1.94. The lowest BCUT2D eigenvalue weighted by molar-refractivity contribution is 0.0600. The van der Waals surface area contributed by atoms with Crippen LogP contribution in [0, 0.1) is 0 Å². The van der Waals surface area contributed by atoms with Crippen molar-refractivity contribution in [2.24, 2.45) is 0 Å². The fourth-order valence-electron chi connectivity index (χ4n) is 1.01. The topological polar surface area (TPSA) is 39.2 Å². The zero-order valence-electron chi connectivity index (χ0n) is 8.16. The van der Waals surface area contributed by atoms with E-state index in [1.165, 1.54) is 7.11 Å². The van der Waals surface area contributed by atoms with Gasteiger partial charge in [-0.3, -0.25) is 4.98 Å². The van der Waals surface area contributed by atoms with Crippen LogP contribution in [0.25, 0.3) is 0 Å². The van der Waals surface area contributed by atoms with E-state index in [0.29, 0.717) is 11.5 Å². The Hall–Kier alpha value is -0.900. The number of carbonyl (C=O) groups excluding carboxylic acids is 1. The third-order valence-corrected chi connectivity index (χ3v) is 2.92. The highest BCUT2D eigenvalue weighted by Crippen LogP contribution is 2.15. The smallest absolute Gasteiger partial charge is 0.339 e. The maximum absolute atomic E-state index is 11.1. The molecule has 0 spiro atoms. The van der Waals surface area contributed by atoms with E-state index in [1.807, 2.05) is 6.07 Å². The van der Waals surface area contributed by atoms with E-state index in [1.54, 1.807) is 12.3 Å². The first kappa shape index (κ1) is 11.2. The number of alkyl halides is 1. The van der Waals surface area contributed by atoms with Crippen LogP contribution in [0.5, 0.6) is 0 Å². The van der Waals surface area contributed by atoms with Crippen LogP contribution in [0.2, 0.25) is 0 Å². The lowest BCUT2D eigenvalue weighted by Crippen LogP contribution is -2.04. The molecule has 0 radical (unpaired) electrons. The van der Waals surface area contributed by atoms with Crippen LogP contribution >= 0.6 is 15.9 Å². The van der Waals surface area contributed by atoms with Crippen LogP contribution in [0.15, 0.2) is 18.3 Å². The Labute approximate surface area is 91.6 Å². The normalized spacial score (nSPS) is 12.2. The lowest BCUT2D eigenvalue weighted by Gasteiger charge is -2.06. The molecule has 0 aliphatic heterocycles. The number of methoxy groups -OCH3 is 1. The van der Waals surface area contributed by atoms with Crippen molar-refractivity contribution in [1.29, 1.82) is 0 Å². The van der Waals surface area contributed by atoms with Crippen molar-refractivity contribution in [1.82, 2.24) is 4.98 Å². The number of esters is 1. The molecule has 0 bridgehead atoms. The van der Waals surface area contributed by atoms with Gasteiger partial charge < -0.3 is 4.74 Å². The summed E-state index contributed by atoms with van der Waals surface area (Å²) in [5, 5.41) is 0.859. The second-order valence-corrected chi connectivity index (χ2v) is 3.67. The van der Waals surface area contributed by atoms with Crippen molar-refractivity contribution in [2.75, 3.05) is 12.4 Å². The zero-order valence-corrected chi connectivity index (χ0v) is 9.74. The second-order valence-electron chi connectivity index (χ2n) is 3.02. The SMILES string of the molecule is COC(=O)c1ccc(C(C)CBr)nc1. The molecule has 1 aromatic heterocycles. The van der Waals surface area contributed by atoms with E-state index >= 15 is 0 Å². The minimum atomic E-state index is -0.351. The summed E-state index contributed by atoms with van der Waals surface area (Å²) in [7, 11) is 1.36. The molecular formula is C10H12BrNO2. The Morgan fingerprint density at radius 3 is 2.79 bits per heavy atom. The van der Waals surface area contributed by atoms with Crippen molar-refractivity contribution in [2.45, 2.75) is 12.8 Å². The first-order chi connectivity index (χ1) is 6.69. The van der Waals surface area contributed by atoms with Crippen LogP contribution < -0.4 is 0 Å². The number of hydrogen-bond acceptors (Lipinski definition) is 3. The van der Waals surface area contributed by atoms with Gasteiger partial charge in [-0.1, -0.05) is 22.9 Å². The molecule has 0 N–H and O–H groups in total. The van der Waals surface area contributed by atoms with Crippen LogP contribution in [0.1, 0.15) is 28.9 Å². The molecule has 1 unspecified atom stereocenters. The van der Waals surface area contributed by atoms with Gasteiger partial charge in [-0.2, -0.15) is 0 Å². The molecule has 0 amide bonds. The fourth-order valence-corrected chi connectivity index (χ4v) is 1.35. The van der Waals surface area contributed by atoms with Gasteiger partial charge in [0, 0.05) is 23.1 Å². The fraction of sp³-hybridized carbons (Fsp3) is 0.400. The van der Waals surface area contributed by atoms with E-state index in [0.717, 1.165) is 11.0 Å². The first-order valence-electron chi connectivity index (χ1n) is 4.29. The molecule has 0 fully saturated rings. The zero-order chi connectivity index (χ0) is 10.6. The van der Waals surface area contributed by atoms with Crippen molar-refractivity contribution in [3.05, 3.63) is 29.6 Å². The molecule has 0 aliphatic rings. The molecular weight excluding hydrogens is 246 g/mol. The molecule has 0 saturated carbocycles. The van der Waals surface area contributed by atoms with Crippen LogP contribution in [-0.2, 0) is 4.74 Å². The summed E-state index contributed by atoms with van der Waals surface area (Å²) >= 11 is 3.38. The highest BCUT2D eigenvalue weighted by molar-refractivity contribution is 9.09.